The van der Waals surface area contributed by atoms with Gasteiger partial charge in [0.2, 0.25) is 0 Å². The van der Waals surface area contributed by atoms with Crippen molar-refractivity contribution in [3.63, 3.8) is 0 Å². The van der Waals surface area contributed by atoms with E-state index >= 15 is 0 Å². The Bertz CT molecular complexity index is 1540. The zero-order valence-electron chi connectivity index (χ0n) is 18.2. The van der Waals surface area contributed by atoms with Crippen LogP contribution in [0.1, 0.15) is 0 Å². The van der Waals surface area contributed by atoms with Crippen LogP contribution in [-0.4, -0.2) is 36.3 Å². The summed E-state index contributed by atoms with van der Waals surface area (Å²) in [5.74, 6) is 2.11. The van der Waals surface area contributed by atoms with Crippen molar-refractivity contribution in [1.29, 1.82) is 0 Å². The molecule has 33 heavy (non-hydrogen) atoms. The van der Waals surface area contributed by atoms with Crippen molar-refractivity contribution < 1.29 is 14.2 Å². The number of hydrogen-bond donors (Lipinski definition) is 0. The number of rotatable bonds is 4. The minimum atomic E-state index is 0.0435. The van der Waals surface area contributed by atoms with Crippen molar-refractivity contribution in [3.8, 4) is 67.7 Å². The van der Waals surface area contributed by atoms with Gasteiger partial charge >= 0.3 is 0 Å². The van der Waals surface area contributed by atoms with Gasteiger partial charge in [0.1, 0.15) is 28.6 Å². The summed E-state index contributed by atoms with van der Waals surface area (Å²) in [5.41, 5.74) is 7.04. The van der Waals surface area contributed by atoms with Gasteiger partial charge in [-0.1, -0.05) is 5.21 Å². The molecule has 0 bridgehead atoms. The fraction of sp³-hybridized carbons (Fsp3) is 0.115. The lowest BCUT2D eigenvalue weighted by Crippen LogP contribution is -2.02. The third-order valence-corrected chi connectivity index (χ3v) is 6.13. The highest BCUT2D eigenvalue weighted by atomic mass is 16.5. The van der Waals surface area contributed by atoms with Crippen LogP contribution in [0.4, 0.5) is 0 Å². The van der Waals surface area contributed by atoms with E-state index in [2.05, 4.69) is 10.3 Å². The first-order valence-electron chi connectivity index (χ1n) is 10.4. The molecule has 0 amide bonds. The monoisotopic (exact) mass is 437 g/mol. The van der Waals surface area contributed by atoms with Crippen molar-refractivity contribution in [2.75, 3.05) is 21.3 Å². The van der Waals surface area contributed by atoms with Gasteiger partial charge in [0.05, 0.1) is 27.0 Å². The number of methoxy groups -OCH3 is 3. The summed E-state index contributed by atoms with van der Waals surface area (Å²) in [6.07, 6.45) is 0. The molecule has 6 rings (SSSR count). The van der Waals surface area contributed by atoms with Crippen molar-refractivity contribution in [1.82, 2.24) is 15.0 Å². The van der Waals surface area contributed by atoms with Crippen molar-refractivity contribution in [2.24, 2.45) is 0 Å². The summed E-state index contributed by atoms with van der Waals surface area (Å²) < 4.78 is 18.1. The molecule has 0 aliphatic heterocycles. The van der Waals surface area contributed by atoms with Gasteiger partial charge < -0.3 is 14.2 Å². The van der Waals surface area contributed by atoms with E-state index in [4.69, 9.17) is 14.2 Å². The summed E-state index contributed by atoms with van der Waals surface area (Å²) in [7, 11) is 4.87. The van der Waals surface area contributed by atoms with Gasteiger partial charge in [-0.05, 0) is 71.8 Å². The quantitative estimate of drug-likeness (QED) is 0.404. The molecule has 0 unspecified atom stereocenters. The maximum Gasteiger partial charge on any atom is 0.195 e. The minimum Gasteiger partial charge on any atom is -0.497 e. The van der Waals surface area contributed by atoms with Crippen LogP contribution >= 0.6 is 0 Å². The standard InChI is InChI=1S/C26H19N3O4/c1-31-15-6-4-14(5-7-15)29-25-21-13-17(33-3)9-11-19(21)23-22(26(23)30)18-10-8-16(32-2)12-20(18)24(25)27-28-29/h4-13H,1-3H3. The highest BCUT2D eigenvalue weighted by molar-refractivity contribution is 6.07. The SMILES string of the molecule is COc1ccc(-n2nnc3c2-c2cc(OC)ccc2-c2c(c2=O)-c2ccc(OC)cc2-3)cc1. The molecular weight excluding hydrogens is 418 g/mol. The number of aromatic nitrogens is 3. The first kappa shape index (κ1) is 19.3. The van der Waals surface area contributed by atoms with Crippen LogP contribution < -0.4 is 19.6 Å². The lowest BCUT2D eigenvalue weighted by atomic mass is 9.91. The maximum atomic E-state index is 13.0. The Morgan fingerprint density at radius 1 is 0.667 bits per heavy atom. The Kier molecular flexibility index (Phi) is 4.13. The third-order valence-electron chi connectivity index (χ3n) is 6.13. The molecule has 5 aromatic rings. The minimum absolute atomic E-state index is 0.0435. The number of ether oxygens (including phenoxy) is 3. The van der Waals surface area contributed by atoms with E-state index in [-0.39, 0.29) is 5.43 Å². The Morgan fingerprint density at radius 3 is 1.82 bits per heavy atom. The molecule has 0 fully saturated rings. The largest absolute Gasteiger partial charge is 0.497 e. The molecule has 0 N–H and O–H groups in total. The molecule has 1 aromatic heterocycles. The van der Waals surface area contributed by atoms with Crippen LogP contribution in [0.5, 0.6) is 17.2 Å². The second kappa shape index (κ2) is 7.06. The molecule has 0 spiro atoms. The third kappa shape index (κ3) is 2.79. The zero-order chi connectivity index (χ0) is 22.7. The topological polar surface area (TPSA) is 75.5 Å². The molecule has 0 saturated carbocycles. The number of benzene rings is 3. The van der Waals surface area contributed by atoms with Crippen LogP contribution in [-0.2, 0) is 0 Å². The summed E-state index contributed by atoms with van der Waals surface area (Å²) in [4.78, 5) is 13.0. The average molecular weight is 437 g/mol. The predicted molar refractivity (Wildman–Crippen MR) is 125 cm³/mol. The second-order valence-corrected chi connectivity index (χ2v) is 7.80. The van der Waals surface area contributed by atoms with Crippen LogP contribution in [0, 0.1) is 0 Å². The van der Waals surface area contributed by atoms with E-state index in [1.807, 2.05) is 60.7 Å². The summed E-state index contributed by atoms with van der Waals surface area (Å²) in [5, 5.41) is 9.09. The van der Waals surface area contributed by atoms with Gasteiger partial charge in [0.15, 0.2) is 5.43 Å². The normalized spacial score (nSPS) is 11.6. The first-order valence-corrected chi connectivity index (χ1v) is 10.4. The molecule has 1 aliphatic carbocycles. The molecular formula is C26H19N3O4. The summed E-state index contributed by atoms with van der Waals surface area (Å²) in [6, 6.07) is 19.0. The molecule has 0 saturated heterocycles. The van der Waals surface area contributed by atoms with E-state index < -0.39 is 0 Å². The van der Waals surface area contributed by atoms with Gasteiger partial charge in [-0.3, -0.25) is 4.79 Å². The van der Waals surface area contributed by atoms with Crippen LogP contribution in [0.15, 0.2) is 65.5 Å². The molecule has 7 heteroatoms. The molecule has 1 heterocycles. The molecule has 0 atom stereocenters. The van der Waals surface area contributed by atoms with Crippen LogP contribution in [0.2, 0.25) is 0 Å². The van der Waals surface area contributed by atoms with Gasteiger partial charge in [-0.25, -0.2) is 4.68 Å². The molecule has 1 aliphatic rings. The number of fused-ring (bicyclic) bond motifs is 8. The van der Waals surface area contributed by atoms with Gasteiger partial charge in [0, 0.05) is 22.3 Å². The zero-order valence-corrected chi connectivity index (χ0v) is 18.2. The smallest absolute Gasteiger partial charge is 0.195 e. The highest BCUT2D eigenvalue weighted by Gasteiger charge is 2.35. The van der Waals surface area contributed by atoms with E-state index in [0.29, 0.717) is 28.3 Å². The summed E-state index contributed by atoms with van der Waals surface area (Å²) >= 11 is 0. The maximum absolute atomic E-state index is 13.0. The van der Waals surface area contributed by atoms with E-state index in [9.17, 15) is 4.79 Å². The second-order valence-electron chi connectivity index (χ2n) is 7.80. The summed E-state index contributed by atoms with van der Waals surface area (Å²) in [6.45, 7) is 0. The van der Waals surface area contributed by atoms with Gasteiger partial charge in [0.25, 0.3) is 0 Å². The molecule has 162 valence electrons. The average Bonchev–Trinajstić information content (AvgIpc) is 3.31. The number of hydrogen-bond acceptors (Lipinski definition) is 6. The van der Waals surface area contributed by atoms with Crippen molar-refractivity contribution in [3.05, 3.63) is 70.9 Å². The van der Waals surface area contributed by atoms with Crippen molar-refractivity contribution >= 4 is 0 Å². The lowest BCUT2D eigenvalue weighted by molar-refractivity contribution is 0.414. The lowest BCUT2D eigenvalue weighted by Gasteiger charge is -2.16. The van der Waals surface area contributed by atoms with E-state index in [1.165, 1.54) is 0 Å². The molecule has 7 nitrogen and oxygen atoms in total. The van der Waals surface area contributed by atoms with Gasteiger partial charge in [-0.2, -0.15) is 0 Å². The van der Waals surface area contributed by atoms with Crippen LogP contribution in [0.3, 0.4) is 0 Å². The molecule has 4 aromatic carbocycles. The first-order chi connectivity index (χ1) is 16.1. The van der Waals surface area contributed by atoms with Gasteiger partial charge in [-0.15, -0.1) is 5.10 Å². The Labute approximate surface area is 189 Å². The Hall–Kier alpha value is -4.39. The fourth-order valence-electron chi connectivity index (χ4n) is 4.42. The van der Waals surface area contributed by atoms with Crippen molar-refractivity contribution in [2.45, 2.75) is 0 Å². The van der Waals surface area contributed by atoms with E-state index in [0.717, 1.165) is 39.4 Å². The molecule has 0 radical (unpaired) electrons. The Balaban J connectivity index is 1.70. The Morgan fingerprint density at radius 2 is 1.21 bits per heavy atom. The predicted octanol–water partition coefficient (Wildman–Crippen LogP) is 4.51. The highest BCUT2D eigenvalue weighted by Crippen LogP contribution is 2.50. The van der Waals surface area contributed by atoms with E-state index in [1.54, 1.807) is 26.0 Å². The number of nitrogens with zero attached hydrogens (tertiary/aromatic N) is 3. The van der Waals surface area contributed by atoms with Crippen LogP contribution in [0.25, 0.3) is 50.5 Å². The fourth-order valence-corrected chi connectivity index (χ4v) is 4.42.